The van der Waals surface area contributed by atoms with Crippen molar-refractivity contribution in [2.75, 3.05) is 29.6 Å². The van der Waals surface area contributed by atoms with Gasteiger partial charge in [0.15, 0.2) is 0 Å². The molecule has 3 amide bonds. The summed E-state index contributed by atoms with van der Waals surface area (Å²) in [6.45, 7) is 1.89. The van der Waals surface area contributed by atoms with Crippen LogP contribution >= 0.6 is 0 Å². The number of hydrogen-bond acceptors (Lipinski definition) is 4. The summed E-state index contributed by atoms with van der Waals surface area (Å²) in [5, 5.41) is 7.44. The van der Waals surface area contributed by atoms with Gasteiger partial charge in [0.1, 0.15) is 5.82 Å². The largest absolute Gasteiger partial charge is 0.378 e. The highest BCUT2D eigenvalue weighted by Crippen LogP contribution is 2.39. The maximum Gasteiger partial charge on any atom is 0.255 e. The average molecular weight is 600 g/mol. The summed E-state index contributed by atoms with van der Waals surface area (Å²) in [5.41, 5.74) is 12.7. The quantitative estimate of drug-likeness (QED) is 0.156. The lowest BCUT2D eigenvalue weighted by Crippen LogP contribution is -2.13. The summed E-state index contributed by atoms with van der Waals surface area (Å²) in [6.07, 6.45) is 0. The molecule has 6 aromatic rings. The Kier molecular flexibility index (Phi) is 7.52. The van der Waals surface area contributed by atoms with Crippen LogP contribution in [0.1, 0.15) is 36.6 Å². The molecule has 5 aromatic carbocycles. The zero-order valence-electron chi connectivity index (χ0n) is 24.9. The third-order valence-corrected chi connectivity index (χ3v) is 7.88. The molecule has 0 bridgehead atoms. The number of fused-ring (bicyclic) bond motifs is 3. The smallest absolute Gasteiger partial charge is 0.255 e. The maximum atomic E-state index is 13.4. The molecule has 5 N–H and O–H groups in total. The SMILES string of the molecule is Cc1c(NC(=O)c2ccc(F)cc2)cccc1-c1ccc(C(N)=O)c2[nH]c3cc(C(=O)Nc4cccc(N(C)C)c4)ccc3c12. The molecule has 0 aliphatic carbocycles. The van der Waals surface area contributed by atoms with E-state index in [1.165, 1.54) is 24.3 Å². The van der Waals surface area contributed by atoms with Crippen LogP contribution in [-0.4, -0.2) is 36.8 Å². The van der Waals surface area contributed by atoms with Crippen LogP contribution in [0.2, 0.25) is 0 Å². The maximum absolute atomic E-state index is 13.4. The summed E-state index contributed by atoms with van der Waals surface area (Å²) in [6, 6.07) is 27.3. The first-order chi connectivity index (χ1) is 21.6. The Labute approximate surface area is 258 Å². The van der Waals surface area contributed by atoms with Crippen molar-refractivity contribution >= 4 is 56.6 Å². The molecule has 0 fully saturated rings. The van der Waals surface area contributed by atoms with Crippen LogP contribution in [0.3, 0.4) is 0 Å². The molecule has 0 atom stereocenters. The zero-order chi connectivity index (χ0) is 31.8. The fourth-order valence-electron chi connectivity index (χ4n) is 5.51. The van der Waals surface area contributed by atoms with Crippen molar-refractivity contribution < 1.29 is 18.8 Å². The molecular formula is C36H30FN5O3. The molecule has 8 nitrogen and oxygen atoms in total. The second-order valence-electron chi connectivity index (χ2n) is 11.0. The van der Waals surface area contributed by atoms with E-state index in [2.05, 4.69) is 15.6 Å². The lowest BCUT2D eigenvalue weighted by atomic mass is 9.93. The minimum absolute atomic E-state index is 0.276. The van der Waals surface area contributed by atoms with Gasteiger partial charge in [-0.1, -0.05) is 30.3 Å². The van der Waals surface area contributed by atoms with Gasteiger partial charge in [0.2, 0.25) is 0 Å². The number of aromatic nitrogens is 1. The van der Waals surface area contributed by atoms with E-state index < -0.39 is 11.7 Å². The lowest BCUT2D eigenvalue weighted by molar-refractivity contribution is 0.0997. The number of rotatable bonds is 7. The van der Waals surface area contributed by atoms with Gasteiger partial charge >= 0.3 is 0 Å². The molecule has 224 valence electrons. The van der Waals surface area contributed by atoms with Crippen molar-refractivity contribution in [2.45, 2.75) is 6.92 Å². The van der Waals surface area contributed by atoms with Gasteiger partial charge in [-0.15, -0.1) is 0 Å². The van der Waals surface area contributed by atoms with E-state index in [-0.39, 0.29) is 11.8 Å². The summed E-state index contributed by atoms with van der Waals surface area (Å²) in [5.74, 6) is -1.65. The predicted octanol–water partition coefficient (Wildman–Crippen LogP) is 7.11. The second-order valence-corrected chi connectivity index (χ2v) is 11.0. The molecule has 0 spiro atoms. The first-order valence-corrected chi connectivity index (χ1v) is 14.2. The number of anilines is 3. The van der Waals surface area contributed by atoms with Crippen molar-refractivity contribution in [1.29, 1.82) is 0 Å². The summed E-state index contributed by atoms with van der Waals surface area (Å²) in [4.78, 5) is 43.9. The molecule has 0 saturated carbocycles. The number of carbonyl (C=O) groups is 3. The molecule has 9 heteroatoms. The van der Waals surface area contributed by atoms with Crippen molar-refractivity contribution in [3.63, 3.8) is 0 Å². The number of H-pyrrole nitrogens is 1. The Hall–Kier alpha value is -5.96. The van der Waals surface area contributed by atoms with E-state index in [1.54, 1.807) is 24.3 Å². The van der Waals surface area contributed by atoms with E-state index >= 15 is 0 Å². The third-order valence-electron chi connectivity index (χ3n) is 7.88. The normalized spacial score (nSPS) is 11.0. The van der Waals surface area contributed by atoms with Crippen LogP contribution in [0.5, 0.6) is 0 Å². The van der Waals surface area contributed by atoms with Crippen LogP contribution in [0.25, 0.3) is 32.9 Å². The van der Waals surface area contributed by atoms with E-state index in [0.29, 0.717) is 39.1 Å². The highest BCUT2D eigenvalue weighted by molar-refractivity contribution is 6.21. The third kappa shape index (κ3) is 5.59. The first-order valence-electron chi connectivity index (χ1n) is 14.2. The van der Waals surface area contributed by atoms with Crippen LogP contribution in [0, 0.1) is 12.7 Å². The summed E-state index contributed by atoms with van der Waals surface area (Å²) >= 11 is 0. The molecule has 1 heterocycles. The van der Waals surface area contributed by atoms with Crippen LogP contribution in [0.4, 0.5) is 21.5 Å². The number of nitrogens with one attached hydrogen (secondary N) is 3. The van der Waals surface area contributed by atoms with Gasteiger partial charge in [0.25, 0.3) is 17.7 Å². The molecule has 1 aromatic heterocycles. The Balaban J connectivity index is 1.41. The Morgan fingerprint density at radius 2 is 1.49 bits per heavy atom. The number of aromatic amines is 1. The standard InChI is InChI=1S/C36H30FN5O3/c1-20-26(8-5-9-30(20)41-35(44)21-10-13-23(37)14-11-21)27-16-17-29(34(38)43)33-32(27)28-15-12-22(18-31(28)40-33)36(45)39-24-6-4-7-25(19-24)42(2)3/h4-19,40H,1-3H3,(H2,38,43)(H,39,45)(H,41,44). The fraction of sp³-hybridized carbons (Fsp3) is 0.0833. The topological polar surface area (TPSA) is 120 Å². The Morgan fingerprint density at radius 1 is 0.778 bits per heavy atom. The highest BCUT2D eigenvalue weighted by atomic mass is 19.1. The van der Waals surface area contributed by atoms with E-state index in [1.807, 2.05) is 74.4 Å². The molecule has 45 heavy (non-hydrogen) atoms. The summed E-state index contributed by atoms with van der Waals surface area (Å²) in [7, 11) is 3.86. The lowest BCUT2D eigenvalue weighted by Gasteiger charge is -2.15. The minimum Gasteiger partial charge on any atom is -0.378 e. The number of primary amides is 1. The van der Waals surface area contributed by atoms with Crippen LogP contribution in [-0.2, 0) is 0 Å². The molecular weight excluding hydrogens is 569 g/mol. The second kappa shape index (κ2) is 11.6. The number of hydrogen-bond donors (Lipinski definition) is 4. The monoisotopic (exact) mass is 599 g/mol. The number of amides is 3. The van der Waals surface area contributed by atoms with Gasteiger partial charge in [-0.05, 0) is 90.3 Å². The minimum atomic E-state index is -0.589. The molecule has 0 aliphatic heterocycles. The predicted molar refractivity (Wildman–Crippen MR) is 178 cm³/mol. The highest BCUT2D eigenvalue weighted by Gasteiger charge is 2.20. The van der Waals surface area contributed by atoms with Crippen LogP contribution in [0.15, 0.2) is 97.1 Å². The average Bonchev–Trinajstić information content (AvgIpc) is 3.41. The van der Waals surface area contributed by atoms with Crippen molar-refractivity contribution in [3.05, 3.63) is 125 Å². The van der Waals surface area contributed by atoms with Gasteiger partial charge in [0, 0.05) is 58.6 Å². The van der Waals surface area contributed by atoms with Crippen molar-refractivity contribution in [2.24, 2.45) is 5.73 Å². The number of nitrogens with zero attached hydrogens (tertiary/aromatic N) is 1. The van der Waals surface area contributed by atoms with Crippen molar-refractivity contribution in [3.8, 4) is 11.1 Å². The Bertz CT molecular complexity index is 2130. The number of nitrogens with two attached hydrogens (primary N) is 1. The van der Waals surface area contributed by atoms with Crippen molar-refractivity contribution in [1.82, 2.24) is 4.98 Å². The van der Waals surface area contributed by atoms with E-state index in [9.17, 15) is 18.8 Å². The van der Waals surface area contributed by atoms with Gasteiger partial charge in [-0.2, -0.15) is 0 Å². The Morgan fingerprint density at radius 3 is 2.22 bits per heavy atom. The van der Waals surface area contributed by atoms with E-state index in [0.717, 1.165) is 33.2 Å². The van der Waals surface area contributed by atoms with E-state index in [4.69, 9.17) is 5.73 Å². The molecule has 0 saturated heterocycles. The van der Waals surface area contributed by atoms with Gasteiger partial charge in [-0.25, -0.2) is 4.39 Å². The number of halogens is 1. The molecule has 6 rings (SSSR count). The number of carbonyl (C=O) groups excluding carboxylic acids is 3. The first kappa shape index (κ1) is 29.1. The van der Waals surface area contributed by atoms with Crippen LogP contribution < -0.4 is 21.3 Å². The fourth-order valence-corrected chi connectivity index (χ4v) is 5.51. The number of benzene rings is 5. The summed E-state index contributed by atoms with van der Waals surface area (Å²) < 4.78 is 13.4. The zero-order valence-corrected chi connectivity index (χ0v) is 24.9. The van der Waals surface area contributed by atoms with Gasteiger partial charge in [-0.3, -0.25) is 14.4 Å². The van der Waals surface area contributed by atoms with Gasteiger partial charge < -0.3 is 26.3 Å². The molecule has 0 aliphatic rings. The van der Waals surface area contributed by atoms with Gasteiger partial charge in [0.05, 0.1) is 11.1 Å². The molecule has 0 unspecified atom stereocenters. The molecule has 0 radical (unpaired) electrons.